The van der Waals surface area contributed by atoms with Gasteiger partial charge in [0.25, 0.3) is 0 Å². The van der Waals surface area contributed by atoms with E-state index in [4.69, 9.17) is 0 Å². The lowest BCUT2D eigenvalue weighted by atomic mass is 10.0. The fourth-order valence-electron chi connectivity index (χ4n) is 2.94. The minimum absolute atomic E-state index is 0.0185. The third-order valence-corrected chi connectivity index (χ3v) is 4.42. The number of aromatic nitrogens is 3. The monoisotopic (exact) mass is 381 g/mol. The summed E-state index contributed by atoms with van der Waals surface area (Å²) in [7, 11) is 0. The van der Waals surface area contributed by atoms with Gasteiger partial charge >= 0.3 is 6.18 Å². The lowest BCUT2D eigenvalue weighted by Crippen LogP contribution is -2.08. The first kappa shape index (κ1) is 17.9. The van der Waals surface area contributed by atoms with Gasteiger partial charge in [0.1, 0.15) is 5.69 Å². The molecular weight excluding hydrogens is 367 g/mol. The first-order valence-electron chi connectivity index (χ1n) is 8.50. The molecule has 0 aliphatic heterocycles. The lowest BCUT2D eigenvalue weighted by Gasteiger charge is -2.08. The summed E-state index contributed by atoms with van der Waals surface area (Å²) in [6.45, 7) is 0. The Morgan fingerprint density at radius 1 is 1.00 bits per heavy atom. The predicted molar refractivity (Wildman–Crippen MR) is 98.8 cm³/mol. The molecule has 140 valence electrons. The molecule has 4 nitrogen and oxygen atoms in total. The SMILES string of the molecule is O=C(Cc1ccc(C(F)(F)F)cc1)c1cccc(-c2ccc3[nH]ncc3c2)n1. The quantitative estimate of drug-likeness (QED) is 0.502. The van der Waals surface area contributed by atoms with Crippen LogP contribution in [0.2, 0.25) is 0 Å². The van der Waals surface area contributed by atoms with Gasteiger partial charge in [-0.15, -0.1) is 0 Å². The summed E-state index contributed by atoms with van der Waals surface area (Å²) in [6.07, 6.45) is -2.71. The maximum atomic E-state index is 12.6. The Kier molecular flexibility index (Phi) is 4.43. The molecule has 2 heterocycles. The number of ketones is 1. The van der Waals surface area contributed by atoms with Crippen molar-refractivity contribution in [1.82, 2.24) is 15.2 Å². The zero-order chi connectivity index (χ0) is 19.7. The molecule has 1 N–H and O–H groups in total. The lowest BCUT2D eigenvalue weighted by molar-refractivity contribution is -0.137. The van der Waals surface area contributed by atoms with E-state index in [-0.39, 0.29) is 17.9 Å². The van der Waals surface area contributed by atoms with Gasteiger partial charge in [-0.2, -0.15) is 18.3 Å². The highest BCUT2D eigenvalue weighted by Gasteiger charge is 2.30. The molecule has 4 rings (SSSR count). The van der Waals surface area contributed by atoms with Gasteiger partial charge in [0, 0.05) is 17.4 Å². The van der Waals surface area contributed by atoms with Crippen LogP contribution in [0.15, 0.2) is 66.9 Å². The molecule has 0 fully saturated rings. The first-order chi connectivity index (χ1) is 13.4. The normalized spacial score (nSPS) is 11.7. The van der Waals surface area contributed by atoms with Gasteiger partial charge in [0.15, 0.2) is 5.78 Å². The van der Waals surface area contributed by atoms with E-state index in [1.165, 1.54) is 12.1 Å². The Bertz CT molecular complexity index is 1150. The molecule has 0 aliphatic carbocycles. The van der Waals surface area contributed by atoms with Crippen LogP contribution in [0.1, 0.15) is 21.6 Å². The number of rotatable bonds is 4. The van der Waals surface area contributed by atoms with Gasteiger partial charge in [0.05, 0.1) is 23.0 Å². The van der Waals surface area contributed by atoms with Gasteiger partial charge in [-0.05, 0) is 42.0 Å². The van der Waals surface area contributed by atoms with Crippen LogP contribution in [-0.4, -0.2) is 21.0 Å². The van der Waals surface area contributed by atoms with Crippen LogP contribution in [0.3, 0.4) is 0 Å². The molecule has 0 amide bonds. The molecule has 0 bridgehead atoms. The van der Waals surface area contributed by atoms with Crippen LogP contribution in [0.25, 0.3) is 22.2 Å². The standard InChI is InChI=1S/C21H14F3N3O/c22-21(23,24)16-7-4-13(5-8-16)10-20(28)19-3-1-2-17(26-19)14-6-9-18-15(11-14)12-25-27-18/h1-9,11-12H,10H2,(H,25,27). The van der Waals surface area contributed by atoms with Crippen molar-refractivity contribution in [3.8, 4) is 11.3 Å². The Labute approximate surface area is 158 Å². The maximum absolute atomic E-state index is 12.6. The van der Waals surface area contributed by atoms with E-state index in [0.29, 0.717) is 11.3 Å². The van der Waals surface area contributed by atoms with Gasteiger partial charge in [-0.25, -0.2) is 4.98 Å². The van der Waals surface area contributed by atoms with E-state index in [1.54, 1.807) is 24.4 Å². The van der Waals surface area contributed by atoms with Gasteiger partial charge < -0.3 is 0 Å². The number of nitrogens with one attached hydrogen (secondary N) is 1. The van der Waals surface area contributed by atoms with Crippen molar-refractivity contribution in [3.05, 3.63) is 83.7 Å². The van der Waals surface area contributed by atoms with Crippen LogP contribution >= 0.6 is 0 Å². The van der Waals surface area contributed by atoms with Crippen molar-refractivity contribution in [2.45, 2.75) is 12.6 Å². The second kappa shape index (κ2) is 6.92. The largest absolute Gasteiger partial charge is 0.416 e. The summed E-state index contributed by atoms with van der Waals surface area (Å²) < 4.78 is 37.9. The maximum Gasteiger partial charge on any atom is 0.416 e. The number of pyridine rings is 1. The smallest absolute Gasteiger partial charge is 0.292 e. The minimum atomic E-state index is -4.39. The summed E-state index contributed by atoms with van der Waals surface area (Å²) in [5.74, 6) is -0.258. The van der Waals surface area contributed by atoms with Crippen LogP contribution < -0.4 is 0 Å². The number of hydrogen-bond donors (Lipinski definition) is 1. The Morgan fingerprint density at radius 2 is 1.79 bits per heavy atom. The fourth-order valence-corrected chi connectivity index (χ4v) is 2.94. The fraction of sp³-hybridized carbons (Fsp3) is 0.0952. The molecule has 2 aromatic carbocycles. The molecule has 0 spiro atoms. The summed E-state index contributed by atoms with van der Waals surface area (Å²) in [6, 6.07) is 15.4. The second-order valence-corrected chi connectivity index (χ2v) is 6.37. The van der Waals surface area contributed by atoms with Crippen molar-refractivity contribution in [1.29, 1.82) is 0 Å². The second-order valence-electron chi connectivity index (χ2n) is 6.37. The molecule has 0 atom stereocenters. The van der Waals surface area contributed by atoms with E-state index in [2.05, 4.69) is 15.2 Å². The molecule has 4 aromatic rings. The predicted octanol–water partition coefficient (Wildman–Crippen LogP) is 5.07. The molecule has 0 unspecified atom stereocenters. The molecule has 0 aliphatic rings. The number of carbonyl (C=O) groups excluding carboxylic acids is 1. The number of Topliss-reactive ketones (excluding diaryl/α,β-unsaturated/α-hetero) is 1. The molecule has 7 heteroatoms. The summed E-state index contributed by atoms with van der Waals surface area (Å²) in [5.41, 5.74) is 2.42. The number of carbonyl (C=O) groups is 1. The summed E-state index contributed by atoms with van der Waals surface area (Å²) in [5, 5.41) is 7.78. The third-order valence-electron chi connectivity index (χ3n) is 4.42. The van der Waals surface area contributed by atoms with Crippen LogP contribution in [-0.2, 0) is 12.6 Å². The first-order valence-corrected chi connectivity index (χ1v) is 8.50. The van der Waals surface area contributed by atoms with Gasteiger partial charge in [-0.1, -0.05) is 24.3 Å². The molecule has 2 aromatic heterocycles. The Balaban J connectivity index is 1.56. The molecule has 0 radical (unpaired) electrons. The molecular formula is C21H14F3N3O. The average Bonchev–Trinajstić information content (AvgIpc) is 3.15. The third kappa shape index (κ3) is 3.64. The average molecular weight is 381 g/mol. The Hall–Kier alpha value is -3.48. The highest BCUT2D eigenvalue weighted by atomic mass is 19.4. The number of hydrogen-bond acceptors (Lipinski definition) is 3. The van der Waals surface area contributed by atoms with Gasteiger partial charge in [0.2, 0.25) is 0 Å². The Morgan fingerprint density at radius 3 is 2.54 bits per heavy atom. The van der Waals surface area contributed by atoms with Crippen molar-refractivity contribution in [3.63, 3.8) is 0 Å². The van der Waals surface area contributed by atoms with Crippen LogP contribution in [0.4, 0.5) is 13.2 Å². The number of alkyl halides is 3. The summed E-state index contributed by atoms with van der Waals surface area (Å²) >= 11 is 0. The number of fused-ring (bicyclic) bond motifs is 1. The van der Waals surface area contributed by atoms with E-state index in [9.17, 15) is 18.0 Å². The number of H-pyrrole nitrogens is 1. The summed E-state index contributed by atoms with van der Waals surface area (Å²) in [4.78, 5) is 17.0. The molecule has 0 saturated carbocycles. The highest BCUT2D eigenvalue weighted by molar-refractivity contribution is 5.96. The van der Waals surface area contributed by atoms with E-state index < -0.39 is 11.7 Å². The zero-order valence-electron chi connectivity index (χ0n) is 14.5. The van der Waals surface area contributed by atoms with Crippen LogP contribution in [0, 0.1) is 0 Å². The number of halogens is 3. The zero-order valence-corrected chi connectivity index (χ0v) is 14.5. The van der Waals surface area contributed by atoms with E-state index in [1.807, 2.05) is 18.2 Å². The number of aromatic amines is 1. The van der Waals surface area contributed by atoms with E-state index >= 15 is 0 Å². The van der Waals surface area contributed by atoms with Crippen molar-refractivity contribution in [2.75, 3.05) is 0 Å². The highest BCUT2D eigenvalue weighted by Crippen LogP contribution is 2.29. The van der Waals surface area contributed by atoms with E-state index in [0.717, 1.165) is 28.6 Å². The number of benzene rings is 2. The van der Waals surface area contributed by atoms with Crippen molar-refractivity contribution in [2.24, 2.45) is 0 Å². The topological polar surface area (TPSA) is 58.6 Å². The van der Waals surface area contributed by atoms with Gasteiger partial charge in [-0.3, -0.25) is 9.89 Å². The molecule has 28 heavy (non-hydrogen) atoms. The minimum Gasteiger partial charge on any atom is -0.292 e. The van der Waals surface area contributed by atoms with Crippen LogP contribution in [0.5, 0.6) is 0 Å². The number of nitrogens with zero attached hydrogens (tertiary/aromatic N) is 2. The van der Waals surface area contributed by atoms with Crippen molar-refractivity contribution < 1.29 is 18.0 Å². The molecule has 0 saturated heterocycles. The van der Waals surface area contributed by atoms with Crippen molar-refractivity contribution >= 4 is 16.7 Å².